The van der Waals surface area contributed by atoms with Crippen LogP contribution in [0.3, 0.4) is 0 Å². The van der Waals surface area contributed by atoms with Crippen molar-refractivity contribution in [2.24, 2.45) is 17.2 Å². The lowest BCUT2D eigenvalue weighted by Gasteiger charge is -2.26. The van der Waals surface area contributed by atoms with Gasteiger partial charge >= 0.3 is 6.18 Å². The molecule has 0 unspecified atom stereocenters. The first-order valence-corrected chi connectivity index (χ1v) is 14.4. The van der Waals surface area contributed by atoms with Crippen LogP contribution < -0.4 is 27.3 Å². The largest absolute Gasteiger partial charge is 0.494 e. The Morgan fingerprint density at radius 3 is 2.07 bits per heavy atom. The lowest BCUT2D eigenvalue weighted by molar-refractivity contribution is -0.137. The van der Waals surface area contributed by atoms with Crippen molar-refractivity contribution in [3.8, 4) is 5.75 Å². The molecular weight excluding hydrogens is 567 g/mol. The van der Waals surface area contributed by atoms with E-state index in [1.165, 1.54) is 0 Å². The number of aliphatic hydroxyl groups is 1. The predicted molar refractivity (Wildman–Crippen MR) is 146 cm³/mol. The highest BCUT2D eigenvalue weighted by Gasteiger charge is 2.35. The van der Waals surface area contributed by atoms with Gasteiger partial charge in [-0.1, -0.05) is 24.3 Å². The summed E-state index contributed by atoms with van der Waals surface area (Å²) in [5.41, 5.74) is 16.2. The van der Waals surface area contributed by atoms with Crippen molar-refractivity contribution in [1.82, 2.24) is 9.62 Å². The summed E-state index contributed by atoms with van der Waals surface area (Å²) in [4.78, 5) is 26.3. The van der Waals surface area contributed by atoms with Crippen LogP contribution in [0.15, 0.2) is 48.5 Å². The Morgan fingerprint density at radius 1 is 1.02 bits per heavy atom. The SMILES string of the molecule is CCOc1ccc(CC(=O)[C@@H](NC(=O)[C@@H](N)CS(=O)(=O)N(CCN)CCN)[C@H](O)c2ccc(C(F)(F)F)cc2)cc1. The summed E-state index contributed by atoms with van der Waals surface area (Å²) < 4.78 is 70.9. The Kier molecular flexibility index (Phi) is 12.7. The van der Waals surface area contributed by atoms with E-state index in [4.69, 9.17) is 21.9 Å². The van der Waals surface area contributed by atoms with Gasteiger partial charge in [-0.3, -0.25) is 9.59 Å². The fourth-order valence-electron chi connectivity index (χ4n) is 3.92. The van der Waals surface area contributed by atoms with Gasteiger partial charge in [-0.15, -0.1) is 0 Å². The van der Waals surface area contributed by atoms with Gasteiger partial charge in [0.1, 0.15) is 17.9 Å². The van der Waals surface area contributed by atoms with Crippen LogP contribution in [0, 0.1) is 0 Å². The number of benzene rings is 2. The topological polar surface area (TPSA) is 191 Å². The molecule has 0 fully saturated rings. The number of alkyl halides is 3. The maximum Gasteiger partial charge on any atom is 0.416 e. The molecule has 0 heterocycles. The van der Waals surface area contributed by atoms with Gasteiger partial charge in [-0.25, -0.2) is 8.42 Å². The van der Waals surface area contributed by atoms with Gasteiger partial charge in [0, 0.05) is 32.6 Å². The van der Waals surface area contributed by atoms with Crippen molar-refractivity contribution >= 4 is 21.7 Å². The quantitative estimate of drug-likeness (QED) is 0.180. The first kappa shape index (κ1) is 34.1. The lowest BCUT2D eigenvalue weighted by atomic mass is 9.94. The van der Waals surface area contributed by atoms with E-state index in [1.54, 1.807) is 31.2 Å². The minimum absolute atomic E-state index is 0.00209. The number of ketones is 1. The molecule has 0 radical (unpaired) electrons. The monoisotopic (exact) mass is 603 g/mol. The van der Waals surface area contributed by atoms with E-state index < -0.39 is 57.4 Å². The predicted octanol–water partition coefficient (Wildman–Crippen LogP) is 0.311. The zero-order chi connectivity index (χ0) is 30.8. The number of hydrogen-bond acceptors (Lipinski definition) is 9. The summed E-state index contributed by atoms with van der Waals surface area (Å²) in [7, 11) is -4.07. The standard InChI is InChI=1S/C26H36F3N5O6S/c1-2-40-20-9-3-17(4-10-20)15-22(35)23(24(36)18-5-7-19(8-6-18)26(27,28)29)33-25(37)21(32)16-41(38,39)34(13-11-30)14-12-31/h3-10,21,23-24,36H,2,11-16,30-32H2,1H3,(H,33,37)/t21-,23+,24+/m0/s1. The van der Waals surface area contributed by atoms with E-state index >= 15 is 0 Å². The minimum Gasteiger partial charge on any atom is -0.494 e. The molecule has 0 aliphatic rings. The third kappa shape index (κ3) is 10.1. The molecule has 8 N–H and O–H groups in total. The Bertz CT molecular complexity index is 1240. The molecule has 2 aromatic rings. The van der Waals surface area contributed by atoms with E-state index in [0.29, 0.717) is 17.9 Å². The number of sulfonamides is 1. The minimum atomic E-state index is -4.62. The van der Waals surface area contributed by atoms with Crippen molar-refractivity contribution in [2.75, 3.05) is 38.5 Å². The molecule has 0 aliphatic carbocycles. The van der Waals surface area contributed by atoms with Crippen molar-refractivity contribution in [2.45, 2.75) is 37.7 Å². The third-order valence-corrected chi connectivity index (χ3v) is 7.96. The van der Waals surface area contributed by atoms with Crippen molar-refractivity contribution in [1.29, 1.82) is 0 Å². The van der Waals surface area contributed by atoms with Crippen molar-refractivity contribution in [3.05, 3.63) is 65.2 Å². The molecule has 1 amide bonds. The number of nitrogens with one attached hydrogen (secondary N) is 1. The van der Waals surface area contributed by atoms with E-state index in [0.717, 1.165) is 28.6 Å². The van der Waals surface area contributed by atoms with Crippen molar-refractivity contribution in [3.63, 3.8) is 0 Å². The molecule has 0 saturated heterocycles. The second kappa shape index (κ2) is 15.2. The molecule has 2 aromatic carbocycles. The second-order valence-corrected chi connectivity index (χ2v) is 11.1. The summed E-state index contributed by atoms with van der Waals surface area (Å²) in [6.07, 6.45) is -6.67. The highest BCUT2D eigenvalue weighted by atomic mass is 32.2. The number of carbonyl (C=O) groups is 2. The van der Waals surface area contributed by atoms with Crippen LogP contribution in [0.25, 0.3) is 0 Å². The molecule has 228 valence electrons. The van der Waals surface area contributed by atoms with E-state index in [1.807, 2.05) is 0 Å². The smallest absolute Gasteiger partial charge is 0.416 e. The van der Waals surface area contributed by atoms with E-state index in [-0.39, 0.29) is 38.2 Å². The van der Waals surface area contributed by atoms with Crippen LogP contribution in [0.4, 0.5) is 13.2 Å². The number of hydrogen-bond donors (Lipinski definition) is 5. The third-order valence-electron chi connectivity index (χ3n) is 6.03. The number of rotatable bonds is 16. The fraction of sp³-hybridized carbons (Fsp3) is 0.462. The van der Waals surface area contributed by atoms with Gasteiger partial charge < -0.3 is 32.4 Å². The lowest BCUT2D eigenvalue weighted by Crippen LogP contribution is -2.54. The van der Waals surface area contributed by atoms with Crippen LogP contribution in [-0.4, -0.2) is 80.1 Å². The number of ether oxygens (including phenoxy) is 1. The molecular formula is C26H36F3N5O6S. The van der Waals surface area contributed by atoms with Crippen molar-refractivity contribution < 1.29 is 41.0 Å². The molecule has 0 aliphatic heterocycles. The average molecular weight is 604 g/mol. The highest BCUT2D eigenvalue weighted by molar-refractivity contribution is 7.89. The number of halogens is 3. The number of nitrogens with zero attached hydrogens (tertiary/aromatic N) is 1. The van der Waals surface area contributed by atoms with Crippen LogP contribution in [-0.2, 0) is 32.2 Å². The van der Waals surface area contributed by atoms with E-state index in [2.05, 4.69) is 5.32 Å². The first-order valence-electron chi connectivity index (χ1n) is 12.8. The van der Waals surface area contributed by atoms with E-state index in [9.17, 15) is 36.3 Å². The highest BCUT2D eigenvalue weighted by Crippen LogP contribution is 2.30. The number of aliphatic hydroxyl groups excluding tert-OH is 1. The summed E-state index contributed by atoms with van der Waals surface area (Å²) >= 11 is 0. The normalized spacial score (nSPS) is 14.4. The van der Waals surface area contributed by atoms with Gasteiger partial charge in [0.2, 0.25) is 15.9 Å². The summed E-state index contributed by atoms with van der Waals surface area (Å²) in [5, 5.41) is 13.3. The fourth-order valence-corrected chi connectivity index (χ4v) is 5.51. The Balaban J connectivity index is 2.30. The zero-order valence-electron chi connectivity index (χ0n) is 22.5. The molecule has 41 heavy (non-hydrogen) atoms. The van der Waals surface area contributed by atoms with Gasteiger partial charge in [-0.2, -0.15) is 17.5 Å². The first-order chi connectivity index (χ1) is 19.2. The van der Waals surface area contributed by atoms with Crippen LogP contribution in [0.2, 0.25) is 0 Å². The average Bonchev–Trinajstić information content (AvgIpc) is 2.91. The molecule has 0 saturated carbocycles. The Labute approximate surface area is 236 Å². The van der Waals surface area contributed by atoms with Gasteiger partial charge in [0.15, 0.2) is 5.78 Å². The zero-order valence-corrected chi connectivity index (χ0v) is 23.3. The van der Waals surface area contributed by atoms with Crippen LogP contribution in [0.5, 0.6) is 5.75 Å². The van der Waals surface area contributed by atoms with Gasteiger partial charge in [-0.05, 0) is 42.3 Å². The summed E-state index contributed by atoms with van der Waals surface area (Å²) in [6.45, 7) is 2.13. The maximum absolute atomic E-state index is 13.3. The van der Waals surface area contributed by atoms with Gasteiger partial charge in [0.05, 0.1) is 24.0 Å². The molecule has 3 atom stereocenters. The molecule has 11 nitrogen and oxygen atoms in total. The Morgan fingerprint density at radius 2 is 1.59 bits per heavy atom. The van der Waals surface area contributed by atoms with Crippen LogP contribution in [0.1, 0.15) is 29.7 Å². The second-order valence-electron chi connectivity index (χ2n) is 9.13. The molecule has 0 bridgehead atoms. The summed E-state index contributed by atoms with van der Waals surface area (Å²) in [5.74, 6) is -2.04. The number of Topliss-reactive ketones (excluding diaryl/α,β-unsaturated/α-hetero) is 1. The molecule has 0 spiro atoms. The maximum atomic E-state index is 13.3. The molecule has 2 rings (SSSR count). The Hall–Kier alpha value is -3.08. The number of carbonyl (C=O) groups excluding carboxylic acids is 2. The van der Waals surface area contributed by atoms with Gasteiger partial charge in [0.25, 0.3) is 0 Å². The number of nitrogens with two attached hydrogens (primary N) is 3. The van der Waals surface area contributed by atoms with Crippen LogP contribution >= 0.6 is 0 Å². The molecule has 0 aromatic heterocycles. The molecule has 15 heteroatoms. The number of amides is 1. The summed E-state index contributed by atoms with van der Waals surface area (Å²) in [6, 6.07) is 6.58.